The Morgan fingerprint density at radius 1 is 1.08 bits per heavy atom. The monoisotopic (exact) mass is 421 g/mol. The minimum atomic E-state index is -0.817. The Balaban J connectivity index is 1.65. The summed E-state index contributed by atoms with van der Waals surface area (Å²) in [4.78, 5) is 37.8. The van der Waals surface area contributed by atoms with E-state index in [9.17, 15) is 14.4 Å². The van der Waals surface area contributed by atoms with Crippen LogP contribution in [0.15, 0.2) is 53.0 Å². The molecule has 2 aromatic rings. The van der Waals surface area contributed by atoms with Gasteiger partial charge in [0.25, 0.3) is 11.8 Å². The second-order valence-corrected chi connectivity index (χ2v) is 6.76. The maximum absolute atomic E-state index is 12.4. The molecule has 0 spiro atoms. The van der Waals surface area contributed by atoms with E-state index in [0.717, 1.165) is 9.37 Å². The Morgan fingerprint density at radius 2 is 1.72 bits per heavy atom. The lowest BCUT2D eigenvalue weighted by Gasteiger charge is -2.16. The molecular weight excluding hydrogens is 410 g/mol. The molecule has 1 aliphatic heterocycles. The van der Waals surface area contributed by atoms with Gasteiger partial charge in [0.15, 0.2) is 0 Å². The number of carbonyl (C=O) groups excluding carboxylic acids is 3. The van der Waals surface area contributed by atoms with Crippen molar-refractivity contribution in [3.8, 4) is 0 Å². The molecule has 0 radical (unpaired) electrons. The molecule has 3 rings (SSSR count). The molecule has 3 amide bonds. The summed E-state index contributed by atoms with van der Waals surface area (Å²) in [5.74, 6) is -1.16. The minimum absolute atomic E-state index is 0.0396. The number of hydrazine groups is 1. The fraction of sp³-hybridized carbons (Fsp3) is 0.118. The molecule has 0 aliphatic carbocycles. The summed E-state index contributed by atoms with van der Waals surface area (Å²) in [6, 6.07) is 12.3. The highest BCUT2D eigenvalue weighted by atomic mass is 79.9. The van der Waals surface area contributed by atoms with Gasteiger partial charge >= 0.3 is 0 Å². The predicted octanol–water partition coefficient (Wildman–Crippen LogP) is 2.67. The zero-order valence-electron chi connectivity index (χ0n) is 12.8. The molecule has 2 aromatic carbocycles. The van der Waals surface area contributed by atoms with E-state index in [-0.39, 0.29) is 12.3 Å². The second kappa shape index (κ2) is 7.35. The Kier molecular flexibility index (Phi) is 5.17. The van der Waals surface area contributed by atoms with Gasteiger partial charge < -0.3 is 0 Å². The first-order chi connectivity index (χ1) is 12.0. The van der Waals surface area contributed by atoms with Crippen LogP contribution >= 0.6 is 27.5 Å². The molecule has 1 saturated heterocycles. The van der Waals surface area contributed by atoms with Gasteiger partial charge in [0, 0.05) is 15.1 Å². The van der Waals surface area contributed by atoms with E-state index in [2.05, 4.69) is 26.8 Å². The number of amides is 3. The van der Waals surface area contributed by atoms with Crippen molar-refractivity contribution in [2.24, 2.45) is 0 Å². The van der Waals surface area contributed by atoms with Crippen molar-refractivity contribution in [1.82, 2.24) is 10.9 Å². The van der Waals surface area contributed by atoms with Crippen LogP contribution in [0.4, 0.5) is 5.69 Å². The van der Waals surface area contributed by atoms with E-state index in [1.165, 1.54) is 0 Å². The molecule has 25 heavy (non-hydrogen) atoms. The zero-order valence-corrected chi connectivity index (χ0v) is 15.2. The highest BCUT2D eigenvalue weighted by molar-refractivity contribution is 9.10. The number of anilines is 1. The van der Waals surface area contributed by atoms with Crippen LogP contribution in [-0.2, 0) is 9.59 Å². The number of nitrogens with one attached hydrogen (secondary N) is 2. The standard InChI is InChI=1S/C17H13BrClN3O3/c18-11-3-1-10(2-4-11)16(24)21-20-14-9-15(23)22(17(14)25)13-7-5-12(19)6-8-13/h1-8,14,20H,9H2,(H,21,24). The second-order valence-electron chi connectivity index (χ2n) is 5.41. The van der Waals surface area contributed by atoms with Crippen molar-refractivity contribution < 1.29 is 14.4 Å². The Bertz CT molecular complexity index is 824. The van der Waals surface area contributed by atoms with Crippen LogP contribution in [0.25, 0.3) is 0 Å². The summed E-state index contributed by atoms with van der Waals surface area (Å²) in [6.45, 7) is 0. The quantitative estimate of drug-likeness (QED) is 0.586. The van der Waals surface area contributed by atoms with Crippen LogP contribution < -0.4 is 15.8 Å². The Morgan fingerprint density at radius 3 is 2.36 bits per heavy atom. The molecule has 6 nitrogen and oxygen atoms in total. The Hall–Kier alpha value is -2.22. The maximum atomic E-state index is 12.4. The minimum Gasteiger partial charge on any atom is -0.287 e. The summed E-state index contributed by atoms with van der Waals surface area (Å²) >= 11 is 9.11. The SMILES string of the molecule is O=C(NNC1CC(=O)N(c2ccc(Cl)cc2)C1=O)c1ccc(Br)cc1. The normalized spacial score (nSPS) is 17.0. The third-order valence-corrected chi connectivity index (χ3v) is 4.48. The van der Waals surface area contributed by atoms with Crippen molar-refractivity contribution >= 4 is 50.9 Å². The molecule has 128 valence electrons. The number of carbonyl (C=O) groups is 3. The summed E-state index contributed by atoms with van der Waals surface area (Å²) in [6.07, 6.45) is -0.0396. The first kappa shape index (κ1) is 17.6. The largest absolute Gasteiger partial charge is 0.287 e. The molecule has 1 unspecified atom stereocenters. The fourth-order valence-electron chi connectivity index (χ4n) is 2.43. The average molecular weight is 423 g/mol. The number of imide groups is 1. The van der Waals surface area contributed by atoms with Crippen molar-refractivity contribution in [3.63, 3.8) is 0 Å². The van der Waals surface area contributed by atoms with Crippen molar-refractivity contribution in [3.05, 3.63) is 63.6 Å². The van der Waals surface area contributed by atoms with Gasteiger partial charge in [0.1, 0.15) is 6.04 Å². The zero-order chi connectivity index (χ0) is 18.0. The smallest absolute Gasteiger partial charge is 0.265 e. The number of nitrogens with zero attached hydrogens (tertiary/aromatic N) is 1. The van der Waals surface area contributed by atoms with Crippen LogP contribution in [0.1, 0.15) is 16.8 Å². The molecule has 0 aromatic heterocycles. The summed E-state index contributed by atoms with van der Waals surface area (Å²) < 4.78 is 0.854. The summed E-state index contributed by atoms with van der Waals surface area (Å²) in [7, 11) is 0. The number of rotatable bonds is 4. The van der Waals surface area contributed by atoms with E-state index in [0.29, 0.717) is 16.3 Å². The van der Waals surface area contributed by atoms with Crippen molar-refractivity contribution in [1.29, 1.82) is 0 Å². The van der Waals surface area contributed by atoms with Crippen molar-refractivity contribution in [2.75, 3.05) is 4.90 Å². The lowest BCUT2D eigenvalue weighted by atomic mass is 10.2. The molecule has 8 heteroatoms. The maximum Gasteiger partial charge on any atom is 0.265 e. The topological polar surface area (TPSA) is 78.5 Å². The summed E-state index contributed by atoms with van der Waals surface area (Å²) in [5.41, 5.74) is 5.98. The third kappa shape index (κ3) is 3.89. The van der Waals surface area contributed by atoms with Crippen molar-refractivity contribution in [2.45, 2.75) is 12.5 Å². The first-order valence-corrected chi connectivity index (χ1v) is 8.56. The van der Waals surface area contributed by atoms with E-state index < -0.39 is 17.9 Å². The lowest BCUT2D eigenvalue weighted by molar-refractivity contribution is -0.121. The van der Waals surface area contributed by atoms with Gasteiger partial charge in [-0.2, -0.15) is 0 Å². The molecule has 1 heterocycles. The highest BCUT2D eigenvalue weighted by Gasteiger charge is 2.39. The molecule has 1 aliphatic rings. The molecule has 0 saturated carbocycles. The van der Waals surface area contributed by atoms with E-state index in [1.807, 2.05) is 0 Å². The molecule has 1 fully saturated rings. The van der Waals surface area contributed by atoms with Crippen LogP contribution in [0.3, 0.4) is 0 Å². The van der Waals surface area contributed by atoms with Gasteiger partial charge in [0.2, 0.25) is 5.91 Å². The van der Waals surface area contributed by atoms with Crippen LogP contribution in [0.2, 0.25) is 5.02 Å². The highest BCUT2D eigenvalue weighted by Crippen LogP contribution is 2.24. The first-order valence-electron chi connectivity index (χ1n) is 7.39. The average Bonchev–Trinajstić information content (AvgIpc) is 2.88. The molecule has 2 N–H and O–H groups in total. The van der Waals surface area contributed by atoms with Gasteiger partial charge in [-0.25, -0.2) is 10.3 Å². The number of benzene rings is 2. The Labute approximate surface area is 157 Å². The fourth-order valence-corrected chi connectivity index (χ4v) is 2.82. The van der Waals surface area contributed by atoms with Gasteiger partial charge in [-0.1, -0.05) is 27.5 Å². The number of halogens is 2. The van der Waals surface area contributed by atoms with E-state index in [4.69, 9.17) is 11.6 Å². The van der Waals surface area contributed by atoms with Crippen LogP contribution in [-0.4, -0.2) is 23.8 Å². The lowest BCUT2D eigenvalue weighted by Crippen LogP contribution is -2.48. The van der Waals surface area contributed by atoms with Crippen LogP contribution in [0, 0.1) is 0 Å². The summed E-state index contributed by atoms with van der Waals surface area (Å²) in [5, 5.41) is 0.513. The predicted molar refractivity (Wildman–Crippen MR) is 97.1 cm³/mol. The number of hydrogen-bond donors (Lipinski definition) is 2. The van der Waals surface area contributed by atoms with E-state index >= 15 is 0 Å². The van der Waals surface area contributed by atoms with Gasteiger partial charge in [-0.15, -0.1) is 0 Å². The van der Waals surface area contributed by atoms with Crippen LogP contribution in [0.5, 0.6) is 0 Å². The van der Waals surface area contributed by atoms with Gasteiger partial charge in [-0.05, 0) is 48.5 Å². The van der Waals surface area contributed by atoms with E-state index in [1.54, 1.807) is 48.5 Å². The van der Waals surface area contributed by atoms with Gasteiger partial charge in [-0.3, -0.25) is 19.8 Å². The third-order valence-electron chi connectivity index (χ3n) is 3.70. The van der Waals surface area contributed by atoms with Gasteiger partial charge in [0.05, 0.1) is 12.1 Å². The molecule has 0 bridgehead atoms. The molecule has 1 atom stereocenters. The number of hydrogen-bond acceptors (Lipinski definition) is 4. The molecular formula is C17H13BrClN3O3.